The number of aromatic nitrogens is 2. The average Bonchev–Trinajstić information content (AvgIpc) is 2.74. The summed E-state index contributed by atoms with van der Waals surface area (Å²) in [6, 6.07) is 9.65. The number of nitriles is 1. The second kappa shape index (κ2) is 10.2. The lowest BCUT2D eigenvalue weighted by molar-refractivity contribution is 0.249. The third-order valence-electron chi connectivity index (χ3n) is 6.01. The van der Waals surface area contributed by atoms with Crippen molar-refractivity contribution in [1.29, 1.82) is 5.26 Å². The van der Waals surface area contributed by atoms with E-state index in [2.05, 4.69) is 23.0 Å². The van der Waals surface area contributed by atoms with Crippen molar-refractivity contribution >= 4 is 0 Å². The molecule has 1 aliphatic rings. The SMILES string of the molecule is CCCCC[C@H]1CC[C@H](CCc2cnc(-c3ccc(C#N)cc3)cn2)CC1. The van der Waals surface area contributed by atoms with Crippen LogP contribution in [0, 0.1) is 23.2 Å². The van der Waals surface area contributed by atoms with Gasteiger partial charge in [0.15, 0.2) is 0 Å². The summed E-state index contributed by atoms with van der Waals surface area (Å²) in [7, 11) is 0. The molecule has 1 fully saturated rings. The summed E-state index contributed by atoms with van der Waals surface area (Å²) in [5.41, 5.74) is 3.64. The van der Waals surface area contributed by atoms with Gasteiger partial charge in [0.2, 0.25) is 0 Å². The Kier molecular flexibility index (Phi) is 7.39. The van der Waals surface area contributed by atoms with Gasteiger partial charge in [-0.25, -0.2) is 0 Å². The fraction of sp³-hybridized carbons (Fsp3) is 0.542. The number of rotatable bonds is 8. The van der Waals surface area contributed by atoms with Gasteiger partial charge in [-0.2, -0.15) is 5.26 Å². The largest absolute Gasteiger partial charge is 0.257 e. The Morgan fingerprint density at radius 2 is 1.63 bits per heavy atom. The van der Waals surface area contributed by atoms with Crippen molar-refractivity contribution in [3.8, 4) is 17.3 Å². The molecule has 0 saturated heterocycles. The highest BCUT2D eigenvalue weighted by Crippen LogP contribution is 2.34. The molecule has 1 heterocycles. The van der Waals surface area contributed by atoms with E-state index in [1.807, 2.05) is 36.7 Å². The van der Waals surface area contributed by atoms with E-state index in [9.17, 15) is 0 Å². The van der Waals surface area contributed by atoms with E-state index >= 15 is 0 Å². The predicted molar refractivity (Wildman–Crippen MR) is 110 cm³/mol. The molecule has 1 aromatic carbocycles. The van der Waals surface area contributed by atoms with Crippen LogP contribution in [0.3, 0.4) is 0 Å². The minimum Gasteiger partial charge on any atom is -0.257 e. The van der Waals surface area contributed by atoms with Crippen LogP contribution in [0.1, 0.15) is 76.0 Å². The number of nitrogens with zero attached hydrogens (tertiary/aromatic N) is 3. The number of hydrogen-bond acceptors (Lipinski definition) is 3. The Morgan fingerprint density at radius 3 is 2.22 bits per heavy atom. The summed E-state index contributed by atoms with van der Waals surface area (Å²) in [4.78, 5) is 9.20. The molecule has 0 aliphatic heterocycles. The van der Waals surface area contributed by atoms with Crippen LogP contribution in [-0.2, 0) is 6.42 Å². The molecular weight excluding hydrogens is 330 g/mol. The molecule has 27 heavy (non-hydrogen) atoms. The van der Waals surface area contributed by atoms with E-state index in [1.54, 1.807) is 0 Å². The number of unbranched alkanes of at least 4 members (excludes halogenated alkanes) is 2. The Morgan fingerprint density at radius 1 is 0.926 bits per heavy atom. The van der Waals surface area contributed by atoms with Crippen LogP contribution in [0.2, 0.25) is 0 Å². The minimum absolute atomic E-state index is 0.670. The van der Waals surface area contributed by atoms with Crippen LogP contribution in [0.4, 0.5) is 0 Å². The zero-order valence-electron chi connectivity index (χ0n) is 16.5. The maximum Gasteiger partial charge on any atom is 0.0991 e. The second-order valence-corrected chi connectivity index (χ2v) is 8.00. The molecule has 0 unspecified atom stereocenters. The Labute approximate surface area is 163 Å². The van der Waals surface area contributed by atoms with Crippen LogP contribution in [0.25, 0.3) is 11.3 Å². The molecule has 0 N–H and O–H groups in total. The highest BCUT2D eigenvalue weighted by atomic mass is 14.8. The Hall–Kier alpha value is -2.21. The highest BCUT2D eigenvalue weighted by Gasteiger charge is 2.20. The van der Waals surface area contributed by atoms with Crippen LogP contribution < -0.4 is 0 Å². The first kappa shape index (κ1) is 19.5. The van der Waals surface area contributed by atoms with Crippen molar-refractivity contribution in [2.45, 2.75) is 71.1 Å². The summed E-state index contributed by atoms with van der Waals surface area (Å²) >= 11 is 0. The maximum atomic E-state index is 8.89. The van der Waals surface area contributed by atoms with Crippen molar-refractivity contribution in [3.63, 3.8) is 0 Å². The first-order valence-electron chi connectivity index (χ1n) is 10.6. The van der Waals surface area contributed by atoms with Crippen LogP contribution in [-0.4, -0.2) is 9.97 Å². The molecule has 0 bridgehead atoms. The maximum absolute atomic E-state index is 8.89. The fourth-order valence-corrected chi connectivity index (χ4v) is 4.19. The molecule has 3 rings (SSSR count). The van der Waals surface area contributed by atoms with Gasteiger partial charge in [0.1, 0.15) is 0 Å². The molecule has 0 spiro atoms. The van der Waals surface area contributed by atoms with E-state index in [0.717, 1.165) is 35.2 Å². The summed E-state index contributed by atoms with van der Waals surface area (Å²) in [6.45, 7) is 2.29. The van der Waals surface area contributed by atoms with Gasteiger partial charge in [-0.05, 0) is 36.8 Å². The van der Waals surface area contributed by atoms with Crippen molar-refractivity contribution in [1.82, 2.24) is 9.97 Å². The highest BCUT2D eigenvalue weighted by molar-refractivity contribution is 5.59. The molecular formula is C24H31N3. The van der Waals surface area contributed by atoms with E-state index < -0.39 is 0 Å². The van der Waals surface area contributed by atoms with Gasteiger partial charge in [-0.1, -0.05) is 70.4 Å². The molecule has 3 heteroatoms. The molecule has 0 atom stereocenters. The number of benzene rings is 1. The monoisotopic (exact) mass is 361 g/mol. The van der Waals surface area contributed by atoms with Crippen molar-refractivity contribution in [2.24, 2.45) is 11.8 Å². The van der Waals surface area contributed by atoms with Crippen molar-refractivity contribution < 1.29 is 0 Å². The summed E-state index contributed by atoms with van der Waals surface area (Å²) in [5.74, 6) is 1.85. The van der Waals surface area contributed by atoms with Gasteiger partial charge >= 0.3 is 0 Å². The number of hydrogen-bond donors (Lipinski definition) is 0. The Balaban J connectivity index is 1.43. The zero-order valence-corrected chi connectivity index (χ0v) is 16.5. The van der Waals surface area contributed by atoms with Gasteiger partial charge in [-0.15, -0.1) is 0 Å². The molecule has 2 aromatic rings. The van der Waals surface area contributed by atoms with Crippen LogP contribution in [0.15, 0.2) is 36.7 Å². The van der Waals surface area contributed by atoms with Gasteiger partial charge in [0.25, 0.3) is 0 Å². The third kappa shape index (κ3) is 5.89. The van der Waals surface area contributed by atoms with Gasteiger partial charge in [0, 0.05) is 11.8 Å². The smallest absolute Gasteiger partial charge is 0.0991 e. The predicted octanol–water partition coefficient (Wildman–Crippen LogP) is 6.33. The van der Waals surface area contributed by atoms with E-state index in [1.165, 1.54) is 57.8 Å². The third-order valence-corrected chi connectivity index (χ3v) is 6.01. The number of aryl methyl sites for hydroxylation is 1. The van der Waals surface area contributed by atoms with Gasteiger partial charge in [0.05, 0.1) is 29.2 Å². The summed E-state index contributed by atoms with van der Waals surface area (Å²) in [5, 5.41) is 8.89. The van der Waals surface area contributed by atoms with E-state index in [-0.39, 0.29) is 0 Å². The molecule has 142 valence electrons. The standard InChI is InChI=1S/C24H31N3/c1-2-3-4-5-19-6-8-20(9-7-19)12-15-23-17-27-24(18-26-23)22-13-10-21(16-25)11-14-22/h10-11,13-14,17-20H,2-9,12,15H2,1H3/t19-,20-. The second-order valence-electron chi connectivity index (χ2n) is 8.00. The molecule has 0 radical (unpaired) electrons. The molecule has 3 nitrogen and oxygen atoms in total. The van der Waals surface area contributed by atoms with E-state index in [4.69, 9.17) is 5.26 Å². The zero-order chi connectivity index (χ0) is 18.9. The summed E-state index contributed by atoms with van der Waals surface area (Å²) < 4.78 is 0. The van der Waals surface area contributed by atoms with E-state index in [0.29, 0.717) is 5.56 Å². The molecule has 1 aromatic heterocycles. The topological polar surface area (TPSA) is 49.6 Å². The quantitative estimate of drug-likeness (QED) is 0.516. The lowest BCUT2D eigenvalue weighted by atomic mass is 9.78. The molecule has 1 saturated carbocycles. The fourth-order valence-electron chi connectivity index (χ4n) is 4.19. The minimum atomic E-state index is 0.670. The lowest BCUT2D eigenvalue weighted by Gasteiger charge is -2.28. The molecule has 1 aliphatic carbocycles. The Bertz CT molecular complexity index is 720. The van der Waals surface area contributed by atoms with Crippen molar-refractivity contribution in [2.75, 3.05) is 0 Å². The lowest BCUT2D eigenvalue weighted by Crippen LogP contribution is -2.15. The average molecular weight is 362 g/mol. The normalized spacial score (nSPS) is 19.6. The first-order chi connectivity index (χ1) is 13.3. The van der Waals surface area contributed by atoms with Crippen LogP contribution in [0.5, 0.6) is 0 Å². The first-order valence-corrected chi connectivity index (χ1v) is 10.6. The van der Waals surface area contributed by atoms with Gasteiger partial charge < -0.3 is 0 Å². The molecule has 0 amide bonds. The summed E-state index contributed by atoms with van der Waals surface area (Å²) in [6.07, 6.45) is 17.3. The van der Waals surface area contributed by atoms with Crippen LogP contribution >= 0.6 is 0 Å². The van der Waals surface area contributed by atoms with Crippen molar-refractivity contribution in [3.05, 3.63) is 47.9 Å². The van der Waals surface area contributed by atoms with Gasteiger partial charge in [-0.3, -0.25) is 9.97 Å².